The first-order valence-corrected chi connectivity index (χ1v) is 7.42. The van der Waals surface area contributed by atoms with E-state index in [-0.39, 0.29) is 6.01 Å². The van der Waals surface area contributed by atoms with Crippen LogP contribution in [0.3, 0.4) is 0 Å². The molecule has 3 rings (SSSR count). The Balaban J connectivity index is 2.12. The van der Waals surface area contributed by atoms with Crippen LogP contribution in [0, 0.1) is 0 Å². The number of carbonyl (C=O) groups excluding carboxylic acids is 1. The number of anilines is 1. The predicted octanol–water partition coefficient (Wildman–Crippen LogP) is 1.64. The Morgan fingerprint density at radius 1 is 1.32 bits per heavy atom. The summed E-state index contributed by atoms with van der Waals surface area (Å²) in [5.41, 5.74) is 2.25. The van der Waals surface area contributed by atoms with Gasteiger partial charge in [0.25, 0.3) is 0 Å². The van der Waals surface area contributed by atoms with Crippen molar-refractivity contribution in [3.63, 3.8) is 0 Å². The zero-order valence-electron chi connectivity index (χ0n) is 13.0. The highest BCUT2D eigenvalue weighted by molar-refractivity contribution is 6.01. The van der Waals surface area contributed by atoms with Crippen LogP contribution in [-0.4, -0.2) is 48.5 Å². The van der Waals surface area contributed by atoms with Crippen LogP contribution in [0.2, 0.25) is 0 Å². The minimum absolute atomic E-state index is 0.273. The summed E-state index contributed by atoms with van der Waals surface area (Å²) in [6.07, 6.45) is 2.56. The Hall–Kier alpha value is -2.21. The van der Waals surface area contributed by atoms with Gasteiger partial charge in [-0.2, -0.15) is 4.98 Å². The van der Waals surface area contributed by atoms with E-state index in [1.165, 1.54) is 7.11 Å². The van der Waals surface area contributed by atoms with Crippen molar-refractivity contribution in [2.45, 2.75) is 25.9 Å². The normalized spacial score (nSPS) is 21.9. The van der Waals surface area contributed by atoms with Gasteiger partial charge in [-0.15, -0.1) is 0 Å². The summed E-state index contributed by atoms with van der Waals surface area (Å²) in [5, 5.41) is 4.40. The maximum Gasteiger partial charge on any atom is 0.316 e. The molecule has 1 saturated heterocycles. The van der Waals surface area contributed by atoms with Gasteiger partial charge in [0.1, 0.15) is 0 Å². The molecule has 1 aromatic heterocycles. The smallest absolute Gasteiger partial charge is 0.316 e. The predicted molar refractivity (Wildman–Crippen MR) is 85.8 cm³/mol. The molecular weight excluding hydrogens is 280 g/mol. The van der Waals surface area contributed by atoms with Gasteiger partial charge in [0, 0.05) is 48.0 Å². The molecule has 6 heteroatoms. The number of fused-ring (bicyclic) bond motifs is 1. The van der Waals surface area contributed by atoms with Crippen LogP contribution in [0.15, 0.2) is 18.3 Å². The average molecular weight is 300 g/mol. The Morgan fingerprint density at radius 3 is 2.68 bits per heavy atom. The van der Waals surface area contributed by atoms with Crippen LogP contribution in [0.25, 0.3) is 10.9 Å². The van der Waals surface area contributed by atoms with Crippen LogP contribution in [0.1, 0.15) is 24.2 Å². The van der Waals surface area contributed by atoms with Gasteiger partial charge >= 0.3 is 6.01 Å². The number of aldehydes is 1. The lowest BCUT2D eigenvalue weighted by molar-refractivity contribution is 0.112. The molecule has 0 amide bonds. The zero-order chi connectivity index (χ0) is 15.7. The van der Waals surface area contributed by atoms with Gasteiger partial charge < -0.3 is 15.0 Å². The molecule has 2 aromatic rings. The van der Waals surface area contributed by atoms with Crippen LogP contribution in [0.4, 0.5) is 5.69 Å². The van der Waals surface area contributed by atoms with E-state index in [4.69, 9.17) is 4.74 Å². The lowest BCUT2D eigenvalue weighted by atomic mass is 10.1. The summed E-state index contributed by atoms with van der Waals surface area (Å²) in [7, 11) is 1.52. The molecule has 1 aromatic carbocycles. The molecule has 1 fully saturated rings. The molecule has 6 nitrogen and oxygen atoms in total. The van der Waals surface area contributed by atoms with Crippen molar-refractivity contribution in [3.05, 3.63) is 23.9 Å². The van der Waals surface area contributed by atoms with Gasteiger partial charge in [-0.25, -0.2) is 4.98 Å². The molecule has 0 saturated carbocycles. The molecule has 0 bridgehead atoms. The number of hydrogen-bond acceptors (Lipinski definition) is 6. The SMILES string of the molecule is COc1ncc2c(N3CC(C)NC(C)C3)ccc(C=O)c2n1. The maximum absolute atomic E-state index is 11.3. The highest BCUT2D eigenvalue weighted by atomic mass is 16.5. The number of ether oxygens (including phenoxy) is 1. The topological polar surface area (TPSA) is 67.3 Å². The van der Waals surface area contributed by atoms with E-state index < -0.39 is 0 Å². The van der Waals surface area contributed by atoms with Crippen LogP contribution in [0.5, 0.6) is 6.01 Å². The van der Waals surface area contributed by atoms with Gasteiger partial charge in [0.05, 0.1) is 12.6 Å². The highest BCUT2D eigenvalue weighted by Crippen LogP contribution is 2.29. The Bertz CT molecular complexity index is 694. The summed E-state index contributed by atoms with van der Waals surface area (Å²) in [6, 6.07) is 4.88. The minimum atomic E-state index is 0.273. The zero-order valence-corrected chi connectivity index (χ0v) is 13.0. The van der Waals surface area contributed by atoms with Crippen LogP contribution < -0.4 is 15.0 Å². The molecule has 1 aliphatic rings. The first-order chi connectivity index (χ1) is 10.6. The third kappa shape index (κ3) is 2.62. The van der Waals surface area contributed by atoms with Crippen LogP contribution in [-0.2, 0) is 0 Å². The van der Waals surface area contributed by atoms with Crippen molar-refractivity contribution in [3.8, 4) is 6.01 Å². The number of aromatic nitrogens is 2. The van der Waals surface area contributed by atoms with Crippen molar-refractivity contribution >= 4 is 22.9 Å². The van der Waals surface area contributed by atoms with Gasteiger partial charge in [-0.1, -0.05) is 0 Å². The number of nitrogens with one attached hydrogen (secondary N) is 1. The summed E-state index contributed by atoms with van der Waals surface area (Å²) >= 11 is 0. The Kier molecular flexibility index (Phi) is 3.94. The summed E-state index contributed by atoms with van der Waals surface area (Å²) < 4.78 is 5.08. The molecule has 0 spiro atoms. The maximum atomic E-state index is 11.3. The molecule has 116 valence electrons. The fourth-order valence-electron chi connectivity index (χ4n) is 3.10. The van der Waals surface area contributed by atoms with E-state index >= 15 is 0 Å². The molecule has 2 heterocycles. The molecule has 2 unspecified atom stereocenters. The summed E-state index contributed by atoms with van der Waals surface area (Å²) in [4.78, 5) is 22.2. The lowest BCUT2D eigenvalue weighted by Crippen LogP contribution is -2.54. The second-order valence-corrected chi connectivity index (χ2v) is 5.78. The van der Waals surface area contributed by atoms with Gasteiger partial charge in [0.2, 0.25) is 0 Å². The van der Waals surface area contributed by atoms with Crippen molar-refractivity contribution in [1.29, 1.82) is 0 Å². The molecule has 22 heavy (non-hydrogen) atoms. The molecule has 0 aliphatic carbocycles. The van der Waals surface area contributed by atoms with E-state index in [0.717, 1.165) is 30.4 Å². The van der Waals surface area contributed by atoms with Gasteiger partial charge in [-0.05, 0) is 26.0 Å². The average Bonchev–Trinajstić information content (AvgIpc) is 2.52. The van der Waals surface area contributed by atoms with Crippen molar-refractivity contribution in [1.82, 2.24) is 15.3 Å². The molecule has 2 atom stereocenters. The molecule has 1 aliphatic heterocycles. The first-order valence-electron chi connectivity index (χ1n) is 7.42. The van der Waals surface area contributed by atoms with E-state index in [0.29, 0.717) is 23.2 Å². The third-order valence-electron chi connectivity index (χ3n) is 3.94. The fourth-order valence-corrected chi connectivity index (χ4v) is 3.10. The highest BCUT2D eigenvalue weighted by Gasteiger charge is 2.23. The largest absolute Gasteiger partial charge is 0.467 e. The second kappa shape index (κ2) is 5.88. The van der Waals surface area contributed by atoms with Gasteiger partial charge in [-0.3, -0.25) is 4.79 Å². The fraction of sp³-hybridized carbons (Fsp3) is 0.438. The van der Waals surface area contributed by atoms with Crippen molar-refractivity contribution in [2.24, 2.45) is 0 Å². The van der Waals surface area contributed by atoms with E-state index in [1.54, 1.807) is 6.20 Å². The molecular formula is C16H20N4O2. The second-order valence-electron chi connectivity index (χ2n) is 5.78. The Labute approximate surface area is 129 Å². The quantitative estimate of drug-likeness (QED) is 0.869. The number of piperazine rings is 1. The van der Waals surface area contributed by atoms with Gasteiger partial charge in [0.15, 0.2) is 6.29 Å². The number of nitrogens with zero attached hydrogens (tertiary/aromatic N) is 3. The third-order valence-corrected chi connectivity index (χ3v) is 3.94. The van der Waals surface area contributed by atoms with E-state index in [2.05, 4.69) is 34.0 Å². The summed E-state index contributed by atoms with van der Waals surface area (Å²) in [5.74, 6) is 0. The minimum Gasteiger partial charge on any atom is -0.467 e. The van der Waals surface area contributed by atoms with Crippen LogP contribution >= 0.6 is 0 Å². The number of benzene rings is 1. The van der Waals surface area contributed by atoms with Crippen molar-refractivity contribution in [2.75, 3.05) is 25.1 Å². The monoisotopic (exact) mass is 300 g/mol. The van der Waals surface area contributed by atoms with E-state index in [9.17, 15) is 4.79 Å². The number of hydrogen-bond donors (Lipinski definition) is 1. The number of rotatable bonds is 3. The van der Waals surface area contributed by atoms with Crippen molar-refractivity contribution < 1.29 is 9.53 Å². The van der Waals surface area contributed by atoms with E-state index in [1.807, 2.05) is 12.1 Å². The number of carbonyl (C=O) groups is 1. The number of methoxy groups -OCH3 is 1. The molecule has 1 N–H and O–H groups in total. The lowest BCUT2D eigenvalue weighted by Gasteiger charge is -2.38. The summed E-state index contributed by atoms with van der Waals surface area (Å²) in [6.45, 7) is 6.16. The Morgan fingerprint density at radius 2 is 2.05 bits per heavy atom. The standard InChI is InChI=1S/C16H20N4O2/c1-10-7-20(8-11(2)18-10)14-5-4-12(9-21)15-13(14)6-17-16(19-15)22-3/h4-6,9-11,18H,7-8H2,1-3H3. The molecule has 0 radical (unpaired) electrons. The first kappa shape index (κ1) is 14.7.